The number of anilines is 1. The molecule has 0 saturated heterocycles. The number of hydrogen-bond donors (Lipinski definition) is 2. The van der Waals surface area contributed by atoms with Gasteiger partial charge in [0.25, 0.3) is 5.69 Å². The molecule has 21 heavy (non-hydrogen) atoms. The number of aromatic carboxylic acids is 1. The molecule has 0 radical (unpaired) electrons. The third kappa shape index (κ3) is 4.67. The van der Waals surface area contributed by atoms with Crippen LogP contribution in [0.3, 0.4) is 0 Å². The highest BCUT2D eigenvalue weighted by molar-refractivity contribution is 5.93. The molecule has 1 aromatic rings. The Morgan fingerprint density at radius 2 is 2.14 bits per heavy atom. The van der Waals surface area contributed by atoms with Gasteiger partial charge in [0.05, 0.1) is 16.7 Å². The molecular weight excluding hydrogens is 281 g/mol. The van der Waals surface area contributed by atoms with E-state index in [1.807, 2.05) is 25.9 Å². The van der Waals surface area contributed by atoms with Gasteiger partial charge < -0.3 is 15.3 Å². The zero-order chi connectivity index (χ0) is 16.2. The highest BCUT2D eigenvalue weighted by Crippen LogP contribution is 2.26. The van der Waals surface area contributed by atoms with Gasteiger partial charge in [-0.1, -0.05) is 0 Å². The number of nitro groups is 1. The summed E-state index contributed by atoms with van der Waals surface area (Å²) in [6.07, 6.45) is 0.714. The lowest BCUT2D eigenvalue weighted by atomic mass is 10.1. The molecule has 8 heteroatoms. The molecule has 0 heterocycles. The fourth-order valence-corrected chi connectivity index (χ4v) is 1.79. The van der Waals surface area contributed by atoms with E-state index in [1.54, 1.807) is 0 Å². The van der Waals surface area contributed by atoms with Gasteiger partial charge in [-0.15, -0.1) is 0 Å². The molecule has 0 aliphatic carbocycles. The van der Waals surface area contributed by atoms with Crippen molar-refractivity contribution >= 4 is 17.3 Å². The van der Waals surface area contributed by atoms with Crippen LogP contribution >= 0.6 is 0 Å². The topological polar surface area (TPSA) is 95.7 Å². The minimum Gasteiger partial charge on any atom is -0.477 e. The molecule has 7 nitrogen and oxygen atoms in total. The van der Waals surface area contributed by atoms with Crippen molar-refractivity contribution in [3.8, 4) is 0 Å². The van der Waals surface area contributed by atoms with E-state index in [2.05, 4.69) is 5.32 Å². The van der Waals surface area contributed by atoms with Crippen LogP contribution in [-0.4, -0.2) is 47.6 Å². The number of carbonyl (C=O) groups is 1. The van der Waals surface area contributed by atoms with Gasteiger partial charge in [0.2, 0.25) is 0 Å². The zero-order valence-corrected chi connectivity index (χ0v) is 12.1. The van der Waals surface area contributed by atoms with Crippen molar-refractivity contribution in [3.63, 3.8) is 0 Å². The van der Waals surface area contributed by atoms with Crippen LogP contribution in [0, 0.1) is 15.9 Å². The average Bonchev–Trinajstić information content (AvgIpc) is 2.37. The standard InChI is InChI=1S/C13H18FN3O4/c1-8(4-5-16(2)3)15-11-6-9(13(18)19)12(17(20)21)7-10(11)14/h6-8,15H,4-5H2,1-3H3,(H,18,19). The van der Waals surface area contributed by atoms with Crippen molar-refractivity contribution < 1.29 is 19.2 Å². The Balaban J connectivity index is 3.00. The van der Waals surface area contributed by atoms with E-state index < -0.39 is 28.0 Å². The number of halogens is 1. The van der Waals surface area contributed by atoms with E-state index in [9.17, 15) is 19.3 Å². The molecule has 0 aliphatic rings. The maximum Gasteiger partial charge on any atom is 0.342 e. The second kappa shape index (κ2) is 6.98. The van der Waals surface area contributed by atoms with Gasteiger partial charge in [0.15, 0.2) is 5.82 Å². The summed E-state index contributed by atoms with van der Waals surface area (Å²) in [5, 5.41) is 22.6. The molecule has 1 rings (SSSR count). The molecule has 0 aliphatic heterocycles. The van der Waals surface area contributed by atoms with Gasteiger partial charge in [-0.2, -0.15) is 0 Å². The van der Waals surface area contributed by atoms with Gasteiger partial charge in [-0.3, -0.25) is 10.1 Å². The van der Waals surface area contributed by atoms with Crippen LogP contribution in [0.4, 0.5) is 15.8 Å². The normalized spacial score (nSPS) is 12.2. The lowest BCUT2D eigenvalue weighted by molar-refractivity contribution is -0.385. The fourth-order valence-electron chi connectivity index (χ4n) is 1.79. The first-order chi connectivity index (χ1) is 9.72. The van der Waals surface area contributed by atoms with Gasteiger partial charge >= 0.3 is 5.97 Å². The van der Waals surface area contributed by atoms with E-state index >= 15 is 0 Å². The highest BCUT2D eigenvalue weighted by Gasteiger charge is 2.23. The van der Waals surface area contributed by atoms with Crippen LogP contribution in [0.2, 0.25) is 0 Å². The molecule has 0 amide bonds. The van der Waals surface area contributed by atoms with Crippen LogP contribution in [0.1, 0.15) is 23.7 Å². The van der Waals surface area contributed by atoms with Crippen LogP contribution in [0.25, 0.3) is 0 Å². The molecule has 1 aromatic carbocycles. The van der Waals surface area contributed by atoms with Crippen molar-refractivity contribution in [1.29, 1.82) is 0 Å². The van der Waals surface area contributed by atoms with Crippen LogP contribution in [0.5, 0.6) is 0 Å². The van der Waals surface area contributed by atoms with Crippen molar-refractivity contribution in [3.05, 3.63) is 33.6 Å². The van der Waals surface area contributed by atoms with Crippen molar-refractivity contribution in [1.82, 2.24) is 4.90 Å². The monoisotopic (exact) mass is 299 g/mol. The number of nitrogens with zero attached hydrogens (tertiary/aromatic N) is 2. The summed E-state index contributed by atoms with van der Waals surface area (Å²) in [4.78, 5) is 22.8. The minimum absolute atomic E-state index is 0.0516. The molecule has 0 bridgehead atoms. The fraction of sp³-hybridized carbons (Fsp3) is 0.462. The third-order valence-electron chi connectivity index (χ3n) is 2.92. The Morgan fingerprint density at radius 3 is 2.62 bits per heavy atom. The number of carboxylic acids is 1. The Morgan fingerprint density at radius 1 is 1.52 bits per heavy atom. The van der Waals surface area contributed by atoms with Crippen molar-refractivity contribution in [2.75, 3.05) is 26.0 Å². The second-order valence-corrected chi connectivity index (χ2v) is 5.05. The van der Waals surface area contributed by atoms with E-state index in [4.69, 9.17) is 5.11 Å². The summed E-state index contributed by atoms with van der Waals surface area (Å²) in [5.41, 5.74) is -1.35. The lowest BCUT2D eigenvalue weighted by Gasteiger charge is -2.18. The summed E-state index contributed by atoms with van der Waals surface area (Å²) < 4.78 is 13.8. The average molecular weight is 299 g/mol. The summed E-state index contributed by atoms with van der Waals surface area (Å²) in [6.45, 7) is 2.60. The summed E-state index contributed by atoms with van der Waals surface area (Å²) in [5.74, 6) is -2.31. The first-order valence-electron chi connectivity index (χ1n) is 6.35. The van der Waals surface area contributed by atoms with E-state index in [1.165, 1.54) is 0 Å². The molecule has 1 atom stereocenters. The van der Waals surface area contributed by atoms with Gasteiger partial charge in [0, 0.05) is 6.04 Å². The Kier molecular flexibility index (Phi) is 5.60. The third-order valence-corrected chi connectivity index (χ3v) is 2.92. The molecular formula is C13H18FN3O4. The van der Waals surface area contributed by atoms with Crippen molar-refractivity contribution in [2.45, 2.75) is 19.4 Å². The predicted molar refractivity (Wildman–Crippen MR) is 76.3 cm³/mol. The maximum absolute atomic E-state index is 13.8. The molecule has 0 fully saturated rings. The van der Waals surface area contributed by atoms with Crippen LogP contribution in [-0.2, 0) is 0 Å². The highest BCUT2D eigenvalue weighted by atomic mass is 19.1. The summed E-state index contributed by atoms with van der Waals surface area (Å²) in [6, 6.07) is 1.48. The van der Waals surface area contributed by atoms with Gasteiger partial charge in [0.1, 0.15) is 5.56 Å². The largest absolute Gasteiger partial charge is 0.477 e. The van der Waals surface area contributed by atoms with Crippen LogP contribution in [0.15, 0.2) is 12.1 Å². The van der Waals surface area contributed by atoms with Gasteiger partial charge in [-0.05, 0) is 40.1 Å². The lowest BCUT2D eigenvalue weighted by Crippen LogP contribution is -2.23. The van der Waals surface area contributed by atoms with Gasteiger partial charge in [-0.25, -0.2) is 9.18 Å². The quantitative estimate of drug-likeness (QED) is 0.592. The smallest absolute Gasteiger partial charge is 0.342 e. The summed E-state index contributed by atoms with van der Waals surface area (Å²) in [7, 11) is 3.81. The predicted octanol–water partition coefficient (Wildman–Crippen LogP) is 2.18. The molecule has 0 saturated carbocycles. The molecule has 0 aromatic heterocycles. The maximum atomic E-state index is 13.8. The first-order valence-corrected chi connectivity index (χ1v) is 6.35. The molecule has 1 unspecified atom stereocenters. The summed E-state index contributed by atoms with van der Waals surface area (Å²) >= 11 is 0. The molecule has 2 N–H and O–H groups in total. The van der Waals surface area contributed by atoms with E-state index in [0.29, 0.717) is 12.5 Å². The van der Waals surface area contributed by atoms with E-state index in [-0.39, 0.29) is 11.7 Å². The Bertz CT molecular complexity index is 548. The number of hydrogen-bond acceptors (Lipinski definition) is 5. The minimum atomic E-state index is -1.47. The molecule has 116 valence electrons. The zero-order valence-electron chi connectivity index (χ0n) is 12.1. The number of rotatable bonds is 7. The number of nitrogens with one attached hydrogen (secondary N) is 1. The number of carboxylic acid groups (broad SMARTS) is 1. The Labute approximate surface area is 121 Å². The van der Waals surface area contributed by atoms with Crippen LogP contribution < -0.4 is 5.32 Å². The first kappa shape index (κ1) is 16.8. The number of benzene rings is 1. The van der Waals surface area contributed by atoms with E-state index in [0.717, 1.165) is 12.6 Å². The SMILES string of the molecule is CC(CCN(C)C)Nc1cc(C(=O)O)c([N+](=O)[O-])cc1F. The Hall–Kier alpha value is -2.22. The van der Waals surface area contributed by atoms with Crippen molar-refractivity contribution in [2.24, 2.45) is 0 Å². The molecule has 0 spiro atoms. The number of nitro benzene ring substituents is 1. The second-order valence-electron chi connectivity index (χ2n) is 5.05.